The second kappa shape index (κ2) is 5.26. The van der Waals surface area contributed by atoms with Gasteiger partial charge in [0.2, 0.25) is 0 Å². The third kappa shape index (κ3) is 2.49. The Morgan fingerprint density at radius 3 is 2.74 bits per heavy atom. The largest absolute Gasteiger partial charge is 0.370 e. The van der Waals surface area contributed by atoms with Crippen LogP contribution >= 0.6 is 11.3 Å². The fourth-order valence-corrected chi connectivity index (χ4v) is 4.07. The number of fused-ring (bicyclic) bond motifs is 3. The van der Waals surface area contributed by atoms with Crippen molar-refractivity contribution >= 4 is 27.4 Å². The van der Waals surface area contributed by atoms with E-state index in [0.29, 0.717) is 18.2 Å². The standard InChI is InChI=1S/C17H18N4OS/c1-17(2)8-11-12(9-22-17)23-16-13(11)15(21-18)19-14(20-16)10-6-4-3-5-7-10/h3-7H,8-9,18H2,1-2H3,(H,19,20,21). The molecule has 0 bridgehead atoms. The molecule has 3 N–H and O–H groups in total. The lowest BCUT2D eigenvalue weighted by atomic mass is 9.94. The van der Waals surface area contributed by atoms with Gasteiger partial charge in [0, 0.05) is 16.9 Å². The van der Waals surface area contributed by atoms with E-state index in [4.69, 9.17) is 15.6 Å². The van der Waals surface area contributed by atoms with Crippen molar-refractivity contribution in [3.8, 4) is 11.4 Å². The molecule has 0 saturated heterocycles. The van der Waals surface area contributed by atoms with Crippen LogP contribution in [0.4, 0.5) is 5.82 Å². The number of aromatic nitrogens is 2. The zero-order valence-corrected chi connectivity index (χ0v) is 13.9. The van der Waals surface area contributed by atoms with Gasteiger partial charge in [0.25, 0.3) is 0 Å². The van der Waals surface area contributed by atoms with Gasteiger partial charge >= 0.3 is 0 Å². The monoisotopic (exact) mass is 326 g/mol. The van der Waals surface area contributed by atoms with Crippen molar-refractivity contribution in [2.75, 3.05) is 5.43 Å². The molecule has 0 spiro atoms. The molecule has 0 aliphatic carbocycles. The summed E-state index contributed by atoms with van der Waals surface area (Å²) in [5, 5.41) is 1.03. The molecule has 3 heterocycles. The van der Waals surface area contributed by atoms with Crippen LogP contribution < -0.4 is 11.3 Å². The zero-order valence-electron chi connectivity index (χ0n) is 13.1. The van der Waals surface area contributed by atoms with E-state index in [9.17, 15) is 0 Å². The molecule has 1 aliphatic rings. The number of rotatable bonds is 2. The quantitative estimate of drug-likeness (QED) is 0.557. The lowest BCUT2D eigenvalue weighted by molar-refractivity contribution is -0.0379. The van der Waals surface area contributed by atoms with E-state index in [0.717, 1.165) is 22.2 Å². The minimum absolute atomic E-state index is 0.176. The average molecular weight is 326 g/mol. The van der Waals surface area contributed by atoms with E-state index < -0.39 is 0 Å². The Balaban J connectivity index is 1.93. The van der Waals surface area contributed by atoms with Gasteiger partial charge in [0.15, 0.2) is 11.6 Å². The molecule has 118 valence electrons. The maximum absolute atomic E-state index is 5.92. The number of nitrogen functional groups attached to an aromatic ring is 1. The molecule has 0 saturated carbocycles. The summed E-state index contributed by atoms with van der Waals surface area (Å²) in [6, 6.07) is 9.94. The minimum Gasteiger partial charge on any atom is -0.370 e. The summed E-state index contributed by atoms with van der Waals surface area (Å²) < 4.78 is 5.92. The Morgan fingerprint density at radius 1 is 1.22 bits per heavy atom. The molecule has 2 aromatic heterocycles. The Hall–Kier alpha value is -2.02. The van der Waals surface area contributed by atoms with E-state index in [1.54, 1.807) is 11.3 Å². The number of hydrogen-bond donors (Lipinski definition) is 2. The van der Waals surface area contributed by atoms with Crippen LogP contribution in [0.5, 0.6) is 0 Å². The topological polar surface area (TPSA) is 73.1 Å². The molecular formula is C17H18N4OS. The number of nitrogens with zero attached hydrogens (tertiary/aromatic N) is 2. The molecule has 5 nitrogen and oxygen atoms in total. The van der Waals surface area contributed by atoms with Crippen LogP contribution in [0.1, 0.15) is 24.3 Å². The van der Waals surface area contributed by atoms with Crippen LogP contribution in [0.25, 0.3) is 21.6 Å². The van der Waals surface area contributed by atoms with Crippen LogP contribution in [0.15, 0.2) is 30.3 Å². The molecule has 1 aromatic carbocycles. The maximum atomic E-state index is 5.92. The molecule has 6 heteroatoms. The molecule has 0 radical (unpaired) electrons. The molecule has 1 aliphatic heterocycles. The van der Waals surface area contributed by atoms with Crippen LogP contribution in [0, 0.1) is 0 Å². The first-order valence-electron chi connectivity index (χ1n) is 7.56. The summed E-state index contributed by atoms with van der Waals surface area (Å²) in [7, 11) is 0. The van der Waals surface area contributed by atoms with E-state index in [2.05, 4.69) is 24.3 Å². The SMILES string of the molecule is CC1(C)Cc2c(sc3nc(-c4ccccc4)nc(NN)c23)CO1. The van der Waals surface area contributed by atoms with Gasteiger partial charge in [-0.2, -0.15) is 0 Å². The van der Waals surface area contributed by atoms with Crippen LogP contribution in [-0.2, 0) is 17.8 Å². The van der Waals surface area contributed by atoms with Crippen molar-refractivity contribution in [2.45, 2.75) is 32.5 Å². The number of hydrazine groups is 1. The second-order valence-electron chi connectivity index (χ2n) is 6.32. The van der Waals surface area contributed by atoms with Gasteiger partial charge in [-0.05, 0) is 19.4 Å². The molecule has 0 atom stereocenters. The van der Waals surface area contributed by atoms with Crippen molar-refractivity contribution in [1.29, 1.82) is 0 Å². The summed E-state index contributed by atoms with van der Waals surface area (Å²) >= 11 is 1.67. The van der Waals surface area contributed by atoms with Crippen molar-refractivity contribution in [3.05, 3.63) is 40.8 Å². The summed E-state index contributed by atoms with van der Waals surface area (Å²) in [5.74, 6) is 7.13. The highest BCUT2D eigenvalue weighted by atomic mass is 32.1. The molecule has 0 amide bonds. The zero-order chi connectivity index (χ0) is 16.0. The van der Waals surface area contributed by atoms with Crippen molar-refractivity contribution in [1.82, 2.24) is 9.97 Å². The first-order chi connectivity index (χ1) is 11.1. The summed E-state index contributed by atoms with van der Waals surface area (Å²) in [5.41, 5.74) is 4.82. The second-order valence-corrected chi connectivity index (χ2v) is 7.40. The number of benzene rings is 1. The number of nitrogens with two attached hydrogens (primary N) is 1. The van der Waals surface area contributed by atoms with Gasteiger partial charge in [-0.3, -0.25) is 0 Å². The molecule has 0 unspecified atom stereocenters. The first-order valence-corrected chi connectivity index (χ1v) is 8.37. The lowest BCUT2D eigenvalue weighted by Gasteiger charge is -2.30. The fourth-order valence-electron chi connectivity index (χ4n) is 2.97. The van der Waals surface area contributed by atoms with Gasteiger partial charge in [-0.1, -0.05) is 30.3 Å². The van der Waals surface area contributed by atoms with Crippen LogP contribution in [0.2, 0.25) is 0 Å². The van der Waals surface area contributed by atoms with E-state index in [1.165, 1.54) is 10.4 Å². The Labute approximate surface area is 138 Å². The smallest absolute Gasteiger partial charge is 0.163 e. The maximum Gasteiger partial charge on any atom is 0.163 e. The van der Waals surface area contributed by atoms with Gasteiger partial charge < -0.3 is 10.2 Å². The first kappa shape index (κ1) is 14.6. The molecular weight excluding hydrogens is 308 g/mol. The summed E-state index contributed by atoms with van der Waals surface area (Å²) in [4.78, 5) is 11.6. The highest BCUT2D eigenvalue weighted by molar-refractivity contribution is 7.19. The van der Waals surface area contributed by atoms with Gasteiger partial charge in [0.1, 0.15) is 4.83 Å². The average Bonchev–Trinajstić information content (AvgIpc) is 2.91. The third-order valence-corrected chi connectivity index (χ3v) is 5.20. The molecule has 3 aromatic rings. The number of hydrogen-bond acceptors (Lipinski definition) is 6. The van der Waals surface area contributed by atoms with Gasteiger partial charge in [-0.25, -0.2) is 15.8 Å². The predicted octanol–water partition coefficient (Wildman–Crippen LogP) is 3.50. The van der Waals surface area contributed by atoms with E-state index >= 15 is 0 Å². The molecule has 0 fully saturated rings. The van der Waals surface area contributed by atoms with Gasteiger partial charge in [0.05, 0.1) is 17.6 Å². The number of nitrogens with one attached hydrogen (secondary N) is 1. The molecule has 23 heavy (non-hydrogen) atoms. The highest BCUT2D eigenvalue weighted by Gasteiger charge is 2.31. The summed E-state index contributed by atoms with van der Waals surface area (Å²) in [6.07, 6.45) is 0.838. The molecule has 4 rings (SSSR count). The van der Waals surface area contributed by atoms with Crippen LogP contribution in [-0.4, -0.2) is 15.6 Å². The number of anilines is 1. The van der Waals surface area contributed by atoms with Crippen LogP contribution in [0.3, 0.4) is 0 Å². The third-order valence-electron chi connectivity index (χ3n) is 4.10. The Bertz CT molecular complexity index is 873. The lowest BCUT2D eigenvalue weighted by Crippen LogP contribution is -2.31. The Kier molecular flexibility index (Phi) is 3.33. The van der Waals surface area contributed by atoms with Crippen molar-refractivity contribution < 1.29 is 4.74 Å². The van der Waals surface area contributed by atoms with Crippen molar-refractivity contribution in [2.24, 2.45) is 5.84 Å². The van der Waals surface area contributed by atoms with E-state index in [-0.39, 0.29) is 5.60 Å². The minimum atomic E-state index is -0.176. The fraction of sp³-hybridized carbons (Fsp3) is 0.294. The normalized spacial score (nSPS) is 16.3. The number of ether oxygens (including phenoxy) is 1. The predicted molar refractivity (Wildman–Crippen MR) is 93.2 cm³/mol. The van der Waals surface area contributed by atoms with Gasteiger partial charge in [-0.15, -0.1) is 11.3 Å². The highest BCUT2D eigenvalue weighted by Crippen LogP contribution is 2.41. The number of thiophene rings is 1. The van der Waals surface area contributed by atoms with Crippen molar-refractivity contribution in [3.63, 3.8) is 0 Å². The summed E-state index contributed by atoms with van der Waals surface area (Å²) in [6.45, 7) is 4.83. The van der Waals surface area contributed by atoms with E-state index in [1.807, 2.05) is 30.3 Å². The Morgan fingerprint density at radius 2 is 2.00 bits per heavy atom.